The van der Waals surface area contributed by atoms with Gasteiger partial charge >= 0.3 is 0 Å². The van der Waals surface area contributed by atoms with Crippen molar-refractivity contribution in [2.24, 2.45) is 11.5 Å². The third-order valence-electron chi connectivity index (χ3n) is 3.37. The number of nitrogens with zero attached hydrogens (tertiary/aromatic N) is 1. The average molecular weight is 242 g/mol. The van der Waals surface area contributed by atoms with Crippen molar-refractivity contribution in [3.8, 4) is 0 Å². The van der Waals surface area contributed by atoms with E-state index in [1.165, 1.54) is 0 Å². The quantitative estimate of drug-likeness (QED) is 0.556. The molecule has 0 saturated carbocycles. The molecule has 0 bridgehead atoms. The van der Waals surface area contributed by atoms with Crippen LogP contribution >= 0.6 is 0 Å². The highest BCUT2D eigenvalue weighted by molar-refractivity contribution is 5.81. The fourth-order valence-corrected chi connectivity index (χ4v) is 2.10. The number of amides is 1. The monoisotopic (exact) mass is 242 g/mol. The number of hydrogen-bond donors (Lipinski definition) is 3. The first-order valence-electron chi connectivity index (χ1n) is 6.58. The van der Waals surface area contributed by atoms with Gasteiger partial charge in [-0.05, 0) is 52.4 Å². The lowest BCUT2D eigenvalue weighted by Gasteiger charge is -2.30. The number of rotatable bonds is 6. The van der Waals surface area contributed by atoms with Gasteiger partial charge < -0.3 is 21.7 Å². The second-order valence-electron chi connectivity index (χ2n) is 4.98. The zero-order valence-electron chi connectivity index (χ0n) is 10.8. The highest BCUT2D eigenvalue weighted by atomic mass is 16.2. The second kappa shape index (κ2) is 7.63. The van der Waals surface area contributed by atoms with Crippen molar-refractivity contribution < 1.29 is 4.79 Å². The Morgan fingerprint density at radius 1 is 1.41 bits per heavy atom. The third-order valence-corrected chi connectivity index (χ3v) is 3.37. The number of nitrogens with one attached hydrogen (secondary N) is 1. The number of carbonyl (C=O) groups is 1. The highest BCUT2D eigenvalue weighted by Gasteiger charge is 2.21. The predicted octanol–water partition coefficient (Wildman–Crippen LogP) is -0.347. The van der Waals surface area contributed by atoms with Crippen LogP contribution < -0.4 is 16.8 Å². The number of piperidine rings is 1. The van der Waals surface area contributed by atoms with Crippen molar-refractivity contribution in [2.75, 3.05) is 26.7 Å². The van der Waals surface area contributed by atoms with E-state index < -0.39 is 0 Å². The van der Waals surface area contributed by atoms with Crippen LogP contribution in [0, 0.1) is 0 Å². The maximum Gasteiger partial charge on any atom is 0.237 e. The largest absolute Gasteiger partial charge is 0.352 e. The molecule has 0 aliphatic carbocycles. The van der Waals surface area contributed by atoms with E-state index in [4.69, 9.17) is 11.5 Å². The van der Waals surface area contributed by atoms with Crippen LogP contribution in [0.4, 0.5) is 0 Å². The summed E-state index contributed by atoms with van der Waals surface area (Å²) in [4.78, 5) is 14.1. The van der Waals surface area contributed by atoms with E-state index in [9.17, 15) is 4.79 Å². The van der Waals surface area contributed by atoms with Crippen LogP contribution in [0.5, 0.6) is 0 Å². The van der Waals surface area contributed by atoms with Crippen molar-refractivity contribution in [1.29, 1.82) is 0 Å². The van der Waals surface area contributed by atoms with E-state index in [0.29, 0.717) is 12.6 Å². The van der Waals surface area contributed by atoms with Crippen molar-refractivity contribution in [3.63, 3.8) is 0 Å². The van der Waals surface area contributed by atoms with Gasteiger partial charge in [0.1, 0.15) is 0 Å². The van der Waals surface area contributed by atoms with Crippen LogP contribution in [0.25, 0.3) is 0 Å². The molecule has 1 amide bonds. The van der Waals surface area contributed by atoms with E-state index in [2.05, 4.69) is 17.3 Å². The van der Waals surface area contributed by atoms with Gasteiger partial charge in [0.2, 0.25) is 5.91 Å². The predicted molar refractivity (Wildman–Crippen MR) is 69.5 cm³/mol. The maximum absolute atomic E-state index is 11.8. The van der Waals surface area contributed by atoms with Gasteiger partial charge in [0.05, 0.1) is 6.04 Å². The summed E-state index contributed by atoms with van der Waals surface area (Å²) >= 11 is 0. The molecule has 0 aromatic rings. The smallest absolute Gasteiger partial charge is 0.237 e. The van der Waals surface area contributed by atoms with Gasteiger partial charge in [0, 0.05) is 6.04 Å². The Kier molecular flexibility index (Phi) is 6.47. The molecule has 1 fully saturated rings. The van der Waals surface area contributed by atoms with Crippen molar-refractivity contribution >= 4 is 5.91 Å². The van der Waals surface area contributed by atoms with Crippen molar-refractivity contribution in [2.45, 2.75) is 44.2 Å². The lowest BCUT2D eigenvalue weighted by atomic mass is 10.0. The fraction of sp³-hybridized carbons (Fsp3) is 0.917. The Morgan fingerprint density at radius 3 is 2.65 bits per heavy atom. The Balaban J connectivity index is 2.19. The first-order valence-corrected chi connectivity index (χ1v) is 6.58. The first-order chi connectivity index (χ1) is 8.13. The number of hydrogen-bond acceptors (Lipinski definition) is 4. The van der Waals surface area contributed by atoms with Crippen LogP contribution in [-0.4, -0.2) is 49.6 Å². The number of likely N-dealkylation sites (tertiary alicyclic amines) is 1. The van der Waals surface area contributed by atoms with Crippen molar-refractivity contribution in [3.05, 3.63) is 0 Å². The van der Waals surface area contributed by atoms with Crippen LogP contribution in [-0.2, 0) is 4.79 Å². The lowest BCUT2D eigenvalue weighted by molar-refractivity contribution is -0.123. The van der Waals surface area contributed by atoms with Crippen LogP contribution in [0.1, 0.15) is 32.1 Å². The summed E-state index contributed by atoms with van der Waals surface area (Å²) in [6, 6.07) is -0.0690. The molecule has 0 unspecified atom stereocenters. The molecule has 1 aliphatic rings. The van der Waals surface area contributed by atoms with Gasteiger partial charge in [-0.1, -0.05) is 6.42 Å². The molecule has 1 aliphatic heterocycles. The molecule has 100 valence electrons. The van der Waals surface area contributed by atoms with Crippen LogP contribution in [0.15, 0.2) is 0 Å². The van der Waals surface area contributed by atoms with Gasteiger partial charge in [-0.25, -0.2) is 0 Å². The molecule has 0 spiro atoms. The fourth-order valence-electron chi connectivity index (χ4n) is 2.10. The van der Waals surface area contributed by atoms with E-state index >= 15 is 0 Å². The van der Waals surface area contributed by atoms with Crippen LogP contribution in [0.3, 0.4) is 0 Å². The van der Waals surface area contributed by atoms with E-state index in [1.807, 2.05) is 0 Å². The van der Waals surface area contributed by atoms with E-state index in [1.54, 1.807) is 0 Å². The summed E-state index contributed by atoms with van der Waals surface area (Å²) in [6.45, 7) is 2.77. The molecule has 0 radical (unpaired) electrons. The summed E-state index contributed by atoms with van der Waals surface area (Å²) < 4.78 is 0. The Labute approximate surface area is 104 Å². The summed E-state index contributed by atoms with van der Waals surface area (Å²) in [7, 11) is 2.11. The molecule has 1 rings (SSSR count). The average Bonchev–Trinajstić information content (AvgIpc) is 2.32. The van der Waals surface area contributed by atoms with Gasteiger partial charge in [-0.15, -0.1) is 0 Å². The van der Waals surface area contributed by atoms with Gasteiger partial charge in [0.25, 0.3) is 0 Å². The molecule has 0 aromatic heterocycles. The van der Waals surface area contributed by atoms with Crippen molar-refractivity contribution in [1.82, 2.24) is 10.2 Å². The standard InChI is InChI=1S/C12H26N4O/c1-16-8-5-10(6-9-16)15-12(17)11(14)4-2-3-7-13/h10-11H,2-9,13-14H2,1H3,(H,15,17)/t11-/m0/s1. The zero-order valence-corrected chi connectivity index (χ0v) is 10.8. The van der Waals surface area contributed by atoms with Gasteiger partial charge in [-0.3, -0.25) is 4.79 Å². The molecule has 1 saturated heterocycles. The molecular weight excluding hydrogens is 216 g/mol. The topological polar surface area (TPSA) is 84.4 Å². The minimum atomic E-state index is -0.374. The number of nitrogens with two attached hydrogens (primary N) is 2. The van der Waals surface area contributed by atoms with E-state index in [-0.39, 0.29) is 11.9 Å². The molecule has 17 heavy (non-hydrogen) atoms. The maximum atomic E-state index is 11.8. The Bertz CT molecular complexity index is 227. The molecule has 1 atom stereocenters. The third kappa shape index (κ3) is 5.48. The summed E-state index contributed by atoms with van der Waals surface area (Å²) in [6.07, 6.45) is 4.65. The number of carbonyl (C=O) groups excluding carboxylic acids is 1. The Morgan fingerprint density at radius 2 is 2.06 bits per heavy atom. The minimum Gasteiger partial charge on any atom is -0.352 e. The molecule has 5 nitrogen and oxygen atoms in total. The minimum absolute atomic E-state index is 0.00317. The second-order valence-corrected chi connectivity index (χ2v) is 4.98. The molecule has 1 heterocycles. The molecule has 5 heteroatoms. The van der Waals surface area contributed by atoms with E-state index in [0.717, 1.165) is 45.2 Å². The molecule has 0 aromatic carbocycles. The van der Waals surface area contributed by atoms with Gasteiger partial charge in [0.15, 0.2) is 0 Å². The zero-order chi connectivity index (χ0) is 12.7. The highest BCUT2D eigenvalue weighted by Crippen LogP contribution is 2.08. The van der Waals surface area contributed by atoms with Crippen LogP contribution in [0.2, 0.25) is 0 Å². The lowest BCUT2D eigenvalue weighted by Crippen LogP contribution is -2.49. The Hall–Kier alpha value is -0.650. The normalized spacial score (nSPS) is 20.2. The number of unbranched alkanes of at least 4 members (excludes halogenated alkanes) is 1. The molecular formula is C12H26N4O. The van der Waals surface area contributed by atoms with Gasteiger partial charge in [-0.2, -0.15) is 0 Å². The summed E-state index contributed by atoms with van der Waals surface area (Å²) in [5.74, 6) is -0.00317. The summed E-state index contributed by atoms with van der Waals surface area (Å²) in [5.41, 5.74) is 11.2. The molecule has 5 N–H and O–H groups in total. The first kappa shape index (κ1) is 14.4. The summed E-state index contributed by atoms with van der Waals surface area (Å²) in [5, 5.41) is 3.04. The SMILES string of the molecule is CN1CCC(NC(=O)[C@@H](N)CCCCN)CC1.